The van der Waals surface area contributed by atoms with Crippen LogP contribution in [0.25, 0.3) is 0 Å². The zero-order valence-electron chi connectivity index (χ0n) is 12.4. The SMILES string of the molecule is O=C(O)C1=CC(C2CCC(F)(F)CC2)=NS(=O)(=O)N1CC1CC1. The van der Waals surface area contributed by atoms with Crippen LogP contribution in [0.1, 0.15) is 38.5 Å². The largest absolute Gasteiger partial charge is 0.477 e. The predicted molar refractivity (Wildman–Crippen MR) is 78.4 cm³/mol. The molecule has 6 nitrogen and oxygen atoms in total. The van der Waals surface area contributed by atoms with E-state index in [2.05, 4.69) is 4.40 Å². The van der Waals surface area contributed by atoms with E-state index in [1.165, 1.54) is 6.08 Å². The first kappa shape index (κ1) is 16.4. The first-order valence-corrected chi connectivity index (χ1v) is 9.03. The second kappa shape index (κ2) is 5.54. The van der Waals surface area contributed by atoms with Gasteiger partial charge in [0.15, 0.2) is 0 Å². The summed E-state index contributed by atoms with van der Waals surface area (Å²) in [5.74, 6) is -4.36. The summed E-state index contributed by atoms with van der Waals surface area (Å²) in [5.41, 5.74) is -0.246. The van der Waals surface area contributed by atoms with E-state index in [9.17, 15) is 27.1 Å². The van der Waals surface area contributed by atoms with Crippen molar-refractivity contribution in [3.05, 3.63) is 11.8 Å². The lowest BCUT2D eigenvalue weighted by atomic mass is 9.83. The average molecular weight is 348 g/mol. The van der Waals surface area contributed by atoms with E-state index in [0.29, 0.717) is 0 Å². The predicted octanol–water partition coefficient (Wildman–Crippen LogP) is 2.19. The summed E-state index contributed by atoms with van der Waals surface area (Å²) in [6.07, 6.45) is 2.51. The Bertz CT molecular complexity index is 673. The molecule has 23 heavy (non-hydrogen) atoms. The van der Waals surface area contributed by atoms with Gasteiger partial charge in [0.2, 0.25) is 5.92 Å². The molecule has 0 atom stereocenters. The van der Waals surface area contributed by atoms with Gasteiger partial charge < -0.3 is 5.11 Å². The maximum Gasteiger partial charge on any atom is 0.353 e. The molecule has 0 aromatic heterocycles. The minimum atomic E-state index is -4.12. The van der Waals surface area contributed by atoms with Crippen molar-refractivity contribution in [3.63, 3.8) is 0 Å². The number of carboxylic acids is 1. The highest BCUT2D eigenvalue weighted by atomic mass is 32.2. The minimum absolute atomic E-state index is 0.0879. The monoisotopic (exact) mass is 348 g/mol. The molecule has 1 heterocycles. The fraction of sp³-hybridized carbons (Fsp3) is 0.714. The lowest BCUT2D eigenvalue weighted by Gasteiger charge is -2.31. The lowest BCUT2D eigenvalue weighted by molar-refractivity contribution is -0.133. The molecule has 9 heteroatoms. The molecule has 0 aromatic carbocycles. The number of alkyl halides is 2. The molecule has 0 saturated heterocycles. The van der Waals surface area contributed by atoms with Crippen molar-refractivity contribution in [2.24, 2.45) is 16.2 Å². The highest BCUT2D eigenvalue weighted by Crippen LogP contribution is 2.39. The topological polar surface area (TPSA) is 87.0 Å². The Kier molecular flexibility index (Phi) is 3.94. The lowest BCUT2D eigenvalue weighted by Crippen LogP contribution is -2.39. The quantitative estimate of drug-likeness (QED) is 0.844. The van der Waals surface area contributed by atoms with Crippen molar-refractivity contribution in [1.82, 2.24) is 4.31 Å². The Morgan fingerprint density at radius 1 is 1.30 bits per heavy atom. The number of aliphatic carboxylic acids is 1. The summed E-state index contributed by atoms with van der Waals surface area (Å²) in [6, 6.07) is 0. The Labute approximate surface area is 133 Å². The summed E-state index contributed by atoms with van der Waals surface area (Å²) < 4.78 is 55.7. The smallest absolute Gasteiger partial charge is 0.353 e. The third-order valence-electron chi connectivity index (χ3n) is 4.53. The number of hydrogen-bond acceptors (Lipinski definition) is 3. The van der Waals surface area contributed by atoms with Crippen molar-refractivity contribution in [2.75, 3.05) is 6.54 Å². The molecule has 3 rings (SSSR count). The van der Waals surface area contributed by atoms with Gasteiger partial charge in [-0.1, -0.05) is 0 Å². The second-order valence-corrected chi connectivity index (χ2v) is 7.95. The van der Waals surface area contributed by atoms with Crippen molar-refractivity contribution < 1.29 is 27.1 Å². The number of nitrogens with zero attached hydrogens (tertiary/aromatic N) is 2. The fourth-order valence-electron chi connectivity index (χ4n) is 2.97. The number of carbonyl (C=O) groups is 1. The zero-order chi connectivity index (χ0) is 16.8. The zero-order valence-corrected chi connectivity index (χ0v) is 13.2. The molecule has 0 radical (unpaired) electrons. The van der Waals surface area contributed by atoms with Gasteiger partial charge in [0.25, 0.3) is 0 Å². The van der Waals surface area contributed by atoms with Crippen molar-refractivity contribution in [3.8, 4) is 0 Å². The van der Waals surface area contributed by atoms with E-state index in [1.807, 2.05) is 0 Å². The summed E-state index contributed by atoms with van der Waals surface area (Å²) in [6.45, 7) is 0.111. The molecule has 0 spiro atoms. The summed E-state index contributed by atoms with van der Waals surface area (Å²) in [7, 11) is -4.12. The minimum Gasteiger partial charge on any atom is -0.477 e. The number of allylic oxidation sites excluding steroid dienone is 1. The third-order valence-corrected chi connectivity index (χ3v) is 5.87. The summed E-state index contributed by atoms with van der Waals surface area (Å²) in [4.78, 5) is 11.4. The standard InChI is InChI=1S/C14H18F2N2O4S/c15-14(16)5-3-10(4-6-14)11-7-12(13(19)20)18(8-9-1-2-9)23(21,22)17-11/h7,9-10H,1-6,8H2,(H,19,20). The molecule has 3 aliphatic rings. The first-order valence-electron chi connectivity index (χ1n) is 7.63. The van der Waals surface area contributed by atoms with Crippen molar-refractivity contribution in [1.29, 1.82) is 0 Å². The highest BCUT2D eigenvalue weighted by molar-refractivity contribution is 7.88. The first-order chi connectivity index (χ1) is 10.7. The molecule has 0 aromatic rings. The van der Waals surface area contributed by atoms with Crippen LogP contribution in [0, 0.1) is 11.8 Å². The van der Waals surface area contributed by atoms with Gasteiger partial charge in [-0.3, -0.25) is 0 Å². The maximum absolute atomic E-state index is 13.2. The van der Waals surface area contributed by atoms with Gasteiger partial charge in [-0.05, 0) is 37.7 Å². The summed E-state index contributed by atoms with van der Waals surface area (Å²) >= 11 is 0. The third kappa shape index (κ3) is 3.54. The van der Waals surface area contributed by atoms with Crippen molar-refractivity contribution >= 4 is 21.9 Å². The van der Waals surface area contributed by atoms with E-state index >= 15 is 0 Å². The number of hydrogen-bond donors (Lipinski definition) is 1. The van der Waals surface area contributed by atoms with Gasteiger partial charge in [0.1, 0.15) is 5.70 Å². The van der Waals surface area contributed by atoms with Crippen LogP contribution >= 0.6 is 0 Å². The van der Waals surface area contributed by atoms with Crippen LogP contribution in [0.2, 0.25) is 0 Å². The van der Waals surface area contributed by atoms with Crippen LogP contribution in [-0.4, -0.2) is 42.0 Å². The Morgan fingerprint density at radius 3 is 2.43 bits per heavy atom. The summed E-state index contributed by atoms with van der Waals surface area (Å²) in [5, 5.41) is 9.32. The van der Waals surface area contributed by atoms with E-state index in [-0.39, 0.29) is 49.6 Å². The molecular weight excluding hydrogens is 330 g/mol. The second-order valence-electron chi connectivity index (χ2n) is 6.43. The van der Waals surface area contributed by atoms with Crippen molar-refractivity contribution in [2.45, 2.75) is 44.4 Å². The van der Waals surface area contributed by atoms with Crippen LogP contribution in [0.5, 0.6) is 0 Å². The van der Waals surface area contributed by atoms with Gasteiger partial charge in [-0.15, -0.1) is 4.40 Å². The van der Waals surface area contributed by atoms with Gasteiger partial charge >= 0.3 is 16.2 Å². The molecule has 0 bridgehead atoms. The van der Waals surface area contributed by atoms with Gasteiger partial charge in [0.05, 0.1) is 5.71 Å². The highest BCUT2D eigenvalue weighted by Gasteiger charge is 2.41. The van der Waals surface area contributed by atoms with Crippen LogP contribution in [0.3, 0.4) is 0 Å². The Balaban J connectivity index is 1.87. The van der Waals surface area contributed by atoms with Crippen LogP contribution < -0.4 is 0 Å². The molecule has 2 aliphatic carbocycles. The molecule has 2 fully saturated rings. The van der Waals surface area contributed by atoms with E-state index in [0.717, 1.165) is 17.1 Å². The number of halogens is 2. The Morgan fingerprint density at radius 2 is 1.91 bits per heavy atom. The average Bonchev–Trinajstić information content (AvgIpc) is 3.24. The van der Waals surface area contributed by atoms with Gasteiger partial charge in [-0.25, -0.2) is 17.9 Å². The molecule has 1 aliphatic heterocycles. The maximum atomic E-state index is 13.2. The van der Waals surface area contributed by atoms with E-state index in [1.54, 1.807) is 0 Å². The van der Waals surface area contributed by atoms with E-state index < -0.39 is 28.0 Å². The van der Waals surface area contributed by atoms with Gasteiger partial charge in [-0.2, -0.15) is 8.42 Å². The molecule has 0 unspecified atom stereocenters. The Hall–Kier alpha value is -1.51. The molecular formula is C14H18F2N2O4S. The van der Waals surface area contributed by atoms with Crippen LogP contribution in [-0.2, 0) is 15.0 Å². The molecule has 1 N–H and O–H groups in total. The number of rotatable bonds is 4. The molecule has 2 saturated carbocycles. The normalized spacial score (nSPS) is 27.3. The fourth-order valence-corrected chi connectivity index (χ4v) is 4.31. The number of carboxylic acid groups (broad SMARTS) is 1. The van der Waals surface area contributed by atoms with Gasteiger partial charge in [0, 0.05) is 25.3 Å². The van der Waals surface area contributed by atoms with E-state index in [4.69, 9.17) is 0 Å². The van der Waals surface area contributed by atoms with Crippen LogP contribution in [0.4, 0.5) is 8.78 Å². The molecule has 0 amide bonds. The van der Waals surface area contributed by atoms with Crippen LogP contribution in [0.15, 0.2) is 16.2 Å². The molecule has 128 valence electrons.